The van der Waals surface area contributed by atoms with Gasteiger partial charge in [0.2, 0.25) is 0 Å². The Labute approximate surface area is 146 Å². The quantitative estimate of drug-likeness (QED) is 0.833. The number of nitrogens with one attached hydrogen (secondary N) is 1. The van der Waals surface area contributed by atoms with Crippen LogP contribution in [0, 0.1) is 5.92 Å². The van der Waals surface area contributed by atoms with E-state index in [1.807, 2.05) is 19.1 Å². The van der Waals surface area contributed by atoms with Crippen molar-refractivity contribution >= 4 is 5.97 Å². The summed E-state index contributed by atoms with van der Waals surface area (Å²) in [5.74, 6) is 0.512. The van der Waals surface area contributed by atoms with Crippen LogP contribution in [0.2, 0.25) is 0 Å². The summed E-state index contributed by atoms with van der Waals surface area (Å²) < 4.78 is 1.70. The maximum Gasteiger partial charge on any atom is 0.343 e. The number of aromatic amines is 1. The van der Waals surface area contributed by atoms with E-state index in [0.29, 0.717) is 18.0 Å². The van der Waals surface area contributed by atoms with E-state index in [1.54, 1.807) is 16.7 Å². The highest BCUT2D eigenvalue weighted by Gasteiger charge is 2.21. The number of nitrogens with zero attached hydrogens (tertiary/aromatic N) is 3. The van der Waals surface area contributed by atoms with Gasteiger partial charge in [0.15, 0.2) is 0 Å². The molecule has 25 heavy (non-hydrogen) atoms. The highest BCUT2D eigenvalue weighted by Crippen LogP contribution is 2.22. The third-order valence-electron chi connectivity index (χ3n) is 4.94. The van der Waals surface area contributed by atoms with Gasteiger partial charge in [0.05, 0.1) is 5.56 Å². The van der Waals surface area contributed by atoms with Gasteiger partial charge in [-0.2, -0.15) is 5.10 Å². The first-order valence-corrected chi connectivity index (χ1v) is 8.75. The van der Waals surface area contributed by atoms with E-state index in [0.717, 1.165) is 50.3 Å². The number of carbonyl (C=O) groups is 1. The average Bonchev–Trinajstić information content (AvgIpc) is 2.96. The molecule has 1 fully saturated rings. The van der Waals surface area contributed by atoms with Gasteiger partial charge >= 0.3 is 11.7 Å². The maximum absolute atomic E-state index is 11.6. The van der Waals surface area contributed by atoms with Gasteiger partial charge in [-0.1, -0.05) is 12.1 Å². The molecule has 7 heteroatoms. The van der Waals surface area contributed by atoms with Gasteiger partial charge in [-0.15, -0.1) is 0 Å². The monoisotopic (exact) mass is 344 g/mol. The summed E-state index contributed by atoms with van der Waals surface area (Å²) in [4.78, 5) is 24.9. The molecular weight excluding hydrogens is 320 g/mol. The molecule has 2 N–H and O–H groups in total. The second-order valence-electron chi connectivity index (χ2n) is 6.61. The first-order valence-electron chi connectivity index (χ1n) is 8.75. The van der Waals surface area contributed by atoms with Crippen LogP contribution in [0.1, 0.15) is 41.5 Å². The Morgan fingerprint density at radius 3 is 2.56 bits per heavy atom. The molecule has 1 aliphatic heterocycles. The molecule has 0 amide bonds. The van der Waals surface area contributed by atoms with Crippen molar-refractivity contribution in [1.82, 2.24) is 19.7 Å². The van der Waals surface area contributed by atoms with E-state index >= 15 is 0 Å². The number of aromatic nitrogens is 3. The van der Waals surface area contributed by atoms with Crippen molar-refractivity contribution in [3.8, 4) is 0 Å². The smallest absolute Gasteiger partial charge is 0.343 e. The van der Waals surface area contributed by atoms with E-state index in [9.17, 15) is 9.59 Å². The molecule has 1 aliphatic rings. The van der Waals surface area contributed by atoms with Gasteiger partial charge in [-0.25, -0.2) is 14.7 Å². The number of rotatable bonds is 6. The average molecular weight is 344 g/mol. The molecule has 0 aliphatic carbocycles. The lowest BCUT2D eigenvalue weighted by atomic mass is 9.93. The van der Waals surface area contributed by atoms with Crippen LogP contribution < -0.4 is 5.69 Å². The van der Waals surface area contributed by atoms with Gasteiger partial charge in [0, 0.05) is 19.5 Å². The van der Waals surface area contributed by atoms with Gasteiger partial charge in [-0.3, -0.25) is 9.47 Å². The lowest BCUT2D eigenvalue weighted by molar-refractivity contribution is 0.0697. The molecule has 1 saturated heterocycles. The lowest BCUT2D eigenvalue weighted by Crippen LogP contribution is -2.34. The van der Waals surface area contributed by atoms with Crippen molar-refractivity contribution in [1.29, 1.82) is 0 Å². The molecule has 2 heterocycles. The summed E-state index contributed by atoms with van der Waals surface area (Å²) in [6, 6.07) is 7.09. The van der Waals surface area contributed by atoms with Gasteiger partial charge in [0.25, 0.3) is 0 Å². The SMILES string of the molecule is CCn1c(CC2CCN(Cc3ccc(C(=O)O)cc3)CC2)n[nH]c1=O. The van der Waals surface area contributed by atoms with E-state index < -0.39 is 5.97 Å². The Hall–Kier alpha value is -2.41. The minimum absolute atomic E-state index is 0.125. The van der Waals surface area contributed by atoms with E-state index in [4.69, 9.17) is 5.11 Å². The molecule has 0 unspecified atom stereocenters. The molecule has 0 bridgehead atoms. The zero-order chi connectivity index (χ0) is 17.8. The van der Waals surface area contributed by atoms with Crippen LogP contribution >= 0.6 is 0 Å². The van der Waals surface area contributed by atoms with Crippen LogP contribution in [0.15, 0.2) is 29.1 Å². The molecule has 0 spiro atoms. The number of benzene rings is 1. The molecular formula is C18H24N4O3. The van der Waals surface area contributed by atoms with Gasteiger partial charge in [-0.05, 0) is 56.5 Å². The van der Waals surface area contributed by atoms with Crippen molar-refractivity contribution in [3.63, 3.8) is 0 Å². The second kappa shape index (κ2) is 7.65. The Bertz CT molecular complexity index is 770. The van der Waals surface area contributed by atoms with Gasteiger partial charge < -0.3 is 5.11 Å². The highest BCUT2D eigenvalue weighted by atomic mass is 16.4. The molecule has 7 nitrogen and oxygen atoms in total. The largest absolute Gasteiger partial charge is 0.478 e. The number of hydrogen-bond donors (Lipinski definition) is 2. The summed E-state index contributed by atoms with van der Waals surface area (Å²) in [5.41, 5.74) is 1.33. The topological polar surface area (TPSA) is 91.2 Å². The predicted octanol–water partition coefficient (Wildman–Crippen LogP) is 1.74. The molecule has 1 aromatic heterocycles. The van der Waals surface area contributed by atoms with Crippen LogP contribution in [-0.2, 0) is 19.5 Å². The standard InChI is InChI=1S/C18H24N4O3/c1-2-22-16(19-20-18(22)25)11-13-7-9-21(10-8-13)12-14-3-5-15(6-4-14)17(23)24/h3-6,13H,2,7-12H2,1H3,(H,20,25)(H,23,24). The molecule has 0 saturated carbocycles. The van der Waals surface area contributed by atoms with Crippen LogP contribution in [-0.4, -0.2) is 43.8 Å². The second-order valence-corrected chi connectivity index (χ2v) is 6.61. The van der Waals surface area contributed by atoms with Crippen molar-refractivity contribution in [2.24, 2.45) is 5.92 Å². The number of H-pyrrole nitrogens is 1. The number of piperidine rings is 1. The Morgan fingerprint density at radius 2 is 1.96 bits per heavy atom. The van der Waals surface area contributed by atoms with Crippen molar-refractivity contribution < 1.29 is 9.90 Å². The fourth-order valence-electron chi connectivity index (χ4n) is 3.45. The fourth-order valence-corrected chi connectivity index (χ4v) is 3.45. The van der Waals surface area contributed by atoms with E-state index in [2.05, 4.69) is 15.1 Å². The lowest BCUT2D eigenvalue weighted by Gasteiger charge is -2.31. The van der Waals surface area contributed by atoms with E-state index in [1.165, 1.54) is 0 Å². The van der Waals surface area contributed by atoms with Crippen molar-refractivity contribution in [2.75, 3.05) is 13.1 Å². The molecule has 1 aromatic carbocycles. The normalized spacial score (nSPS) is 16.2. The summed E-state index contributed by atoms with van der Waals surface area (Å²) in [6.07, 6.45) is 3.00. The van der Waals surface area contributed by atoms with Crippen molar-refractivity contribution in [3.05, 3.63) is 51.7 Å². The first-order chi connectivity index (χ1) is 12.1. The van der Waals surface area contributed by atoms with Crippen LogP contribution in [0.5, 0.6) is 0 Å². The van der Waals surface area contributed by atoms with Crippen molar-refractivity contribution in [2.45, 2.75) is 39.3 Å². The third kappa shape index (κ3) is 4.17. The minimum Gasteiger partial charge on any atom is -0.478 e. The first kappa shape index (κ1) is 17.4. The summed E-state index contributed by atoms with van der Waals surface area (Å²) in [6.45, 7) is 5.46. The van der Waals surface area contributed by atoms with Gasteiger partial charge in [0.1, 0.15) is 5.82 Å². The molecule has 2 aromatic rings. The Morgan fingerprint density at radius 1 is 1.28 bits per heavy atom. The molecule has 3 rings (SSSR count). The molecule has 134 valence electrons. The predicted molar refractivity (Wildman–Crippen MR) is 93.6 cm³/mol. The summed E-state index contributed by atoms with van der Waals surface area (Å²) in [7, 11) is 0. The zero-order valence-electron chi connectivity index (χ0n) is 14.4. The van der Waals surface area contributed by atoms with Crippen LogP contribution in [0.4, 0.5) is 0 Å². The number of carboxylic acid groups (broad SMARTS) is 1. The third-order valence-corrected chi connectivity index (χ3v) is 4.94. The molecule has 0 atom stereocenters. The number of carboxylic acids is 1. The van der Waals surface area contributed by atoms with Crippen LogP contribution in [0.25, 0.3) is 0 Å². The zero-order valence-corrected chi connectivity index (χ0v) is 14.4. The number of aromatic carboxylic acids is 1. The minimum atomic E-state index is -0.892. The van der Waals surface area contributed by atoms with Crippen LogP contribution in [0.3, 0.4) is 0 Å². The Balaban J connectivity index is 1.51. The Kier molecular flexibility index (Phi) is 5.33. The number of hydrogen-bond acceptors (Lipinski definition) is 4. The summed E-state index contributed by atoms with van der Waals surface area (Å²) in [5, 5.41) is 15.6. The highest BCUT2D eigenvalue weighted by molar-refractivity contribution is 5.87. The maximum atomic E-state index is 11.6. The summed E-state index contributed by atoms with van der Waals surface area (Å²) >= 11 is 0. The van der Waals surface area contributed by atoms with E-state index in [-0.39, 0.29) is 5.69 Å². The molecule has 0 radical (unpaired) electrons. The number of likely N-dealkylation sites (tertiary alicyclic amines) is 1. The fraction of sp³-hybridized carbons (Fsp3) is 0.500.